The fourth-order valence-corrected chi connectivity index (χ4v) is 2.41. The maximum Gasteiger partial charge on any atom is 0.270 e. The fraction of sp³-hybridized carbons (Fsp3) is 0. The van der Waals surface area contributed by atoms with E-state index in [0.717, 1.165) is 11.4 Å². The quantitative estimate of drug-likeness (QED) is 0.705. The van der Waals surface area contributed by atoms with E-state index in [1.54, 1.807) is 23.2 Å². The third kappa shape index (κ3) is 3.84. The monoisotopic (exact) mass is 331 g/mol. The summed E-state index contributed by atoms with van der Waals surface area (Å²) in [5.41, 5.74) is 10.4. The minimum Gasteiger partial charge on any atom is -0.366 e. The predicted molar refractivity (Wildman–Crippen MR) is 97.4 cm³/mol. The van der Waals surface area contributed by atoms with E-state index in [-0.39, 0.29) is 5.91 Å². The number of anilines is 2. The Bertz CT molecular complexity index is 840. The van der Waals surface area contributed by atoms with Crippen LogP contribution in [0.4, 0.5) is 11.4 Å². The molecule has 0 spiro atoms. The lowest BCUT2D eigenvalue weighted by molar-refractivity contribution is 0.0953. The molecule has 0 heterocycles. The van der Waals surface area contributed by atoms with Gasteiger partial charge in [0, 0.05) is 11.1 Å². The number of nitrogens with zero attached hydrogens (tertiary/aromatic N) is 1. The molecule has 5 heteroatoms. The Morgan fingerprint density at radius 1 is 0.720 bits per heavy atom. The Kier molecular flexibility index (Phi) is 4.76. The number of para-hydroxylation sites is 2. The molecule has 3 N–H and O–H groups in total. The summed E-state index contributed by atoms with van der Waals surface area (Å²) < 4.78 is 0. The number of primary amides is 1. The third-order valence-corrected chi connectivity index (χ3v) is 3.65. The van der Waals surface area contributed by atoms with E-state index in [2.05, 4.69) is 5.43 Å². The first-order valence-electron chi connectivity index (χ1n) is 7.76. The van der Waals surface area contributed by atoms with Gasteiger partial charge in [0.15, 0.2) is 0 Å². The maximum absolute atomic E-state index is 12.7. The van der Waals surface area contributed by atoms with Crippen molar-refractivity contribution in [2.45, 2.75) is 0 Å². The minimum atomic E-state index is -0.572. The van der Waals surface area contributed by atoms with Crippen LogP contribution in [0.3, 0.4) is 0 Å². The number of carbonyl (C=O) groups is 2. The molecule has 0 bridgehead atoms. The number of benzene rings is 3. The molecule has 0 atom stereocenters. The zero-order chi connectivity index (χ0) is 17.6. The van der Waals surface area contributed by atoms with Crippen molar-refractivity contribution < 1.29 is 9.59 Å². The molecule has 0 saturated carbocycles. The van der Waals surface area contributed by atoms with E-state index in [1.807, 2.05) is 60.7 Å². The Balaban J connectivity index is 1.92. The molecule has 0 aliphatic rings. The number of carbonyl (C=O) groups excluding carboxylic acids is 2. The van der Waals surface area contributed by atoms with Gasteiger partial charge < -0.3 is 5.73 Å². The van der Waals surface area contributed by atoms with Gasteiger partial charge in [0.25, 0.3) is 5.91 Å². The highest BCUT2D eigenvalue weighted by Gasteiger charge is 2.15. The van der Waals surface area contributed by atoms with Crippen molar-refractivity contribution in [3.8, 4) is 0 Å². The number of amides is 2. The van der Waals surface area contributed by atoms with Crippen LogP contribution in [0.15, 0.2) is 84.9 Å². The molecule has 2 amide bonds. The fourth-order valence-electron chi connectivity index (χ4n) is 2.41. The second-order valence-corrected chi connectivity index (χ2v) is 5.39. The lowest BCUT2D eigenvalue weighted by Crippen LogP contribution is -2.39. The average molecular weight is 331 g/mol. The van der Waals surface area contributed by atoms with E-state index in [4.69, 9.17) is 5.73 Å². The van der Waals surface area contributed by atoms with Crippen LogP contribution in [0.1, 0.15) is 20.7 Å². The van der Waals surface area contributed by atoms with Crippen molar-refractivity contribution in [3.05, 3.63) is 96.1 Å². The topological polar surface area (TPSA) is 75.4 Å². The van der Waals surface area contributed by atoms with Crippen molar-refractivity contribution in [3.63, 3.8) is 0 Å². The van der Waals surface area contributed by atoms with Gasteiger partial charge in [-0.3, -0.25) is 20.0 Å². The van der Waals surface area contributed by atoms with Crippen LogP contribution >= 0.6 is 0 Å². The molecule has 0 aromatic heterocycles. The molecule has 3 rings (SSSR count). The molecule has 0 fully saturated rings. The maximum atomic E-state index is 12.7. The Hall–Kier alpha value is -3.60. The van der Waals surface area contributed by atoms with Crippen LogP contribution in [0.5, 0.6) is 0 Å². The number of hydrogen-bond acceptors (Lipinski definition) is 3. The first kappa shape index (κ1) is 16.3. The molecular weight excluding hydrogens is 314 g/mol. The van der Waals surface area contributed by atoms with E-state index < -0.39 is 5.91 Å². The molecule has 5 nitrogen and oxygen atoms in total. The van der Waals surface area contributed by atoms with Crippen molar-refractivity contribution >= 4 is 23.2 Å². The predicted octanol–water partition coefficient (Wildman–Crippen LogP) is 3.27. The largest absolute Gasteiger partial charge is 0.366 e. The summed E-state index contributed by atoms with van der Waals surface area (Å²) in [7, 11) is 0. The van der Waals surface area contributed by atoms with E-state index in [9.17, 15) is 9.59 Å². The summed E-state index contributed by atoms with van der Waals surface area (Å²) in [6.07, 6.45) is 0. The minimum absolute atomic E-state index is 0.290. The molecule has 124 valence electrons. The van der Waals surface area contributed by atoms with E-state index in [1.165, 1.54) is 6.07 Å². The molecule has 0 aliphatic carbocycles. The van der Waals surface area contributed by atoms with Crippen LogP contribution in [0.2, 0.25) is 0 Å². The van der Waals surface area contributed by atoms with Crippen LogP contribution in [0.25, 0.3) is 0 Å². The summed E-state index contributed by atoms with van der Waals surface area (Å²) in [5.74, 6) is -0.909. The highest BCUT2D eigenvalue weighted by Crippen LogP contribution is 2.22. The van der Waals surface area contributed by atoms with Gasteiger partial charge in [-0.05, 0) is 42.5 Å². The summed E-state index contributed by atoms with van der Waals surface area (Å²) in [5, 5.41) is 1.69. The van der Waals surface area contributed by atoms with Gasteiger partial charge in [-0.2, -0.15) is 0 Å². The highest BCUT2D eigenvalue weighted by atomic mass is 16.2. The molecule has 3 aromatic carbocycles. The van der Waals surface area contributed by atoms with Crippen LogP contribution in [-0.2, 0) is 0 Å². The Labute approximate surface area is 145 Å². The van der Waals surface area contributed by atoms with Gasteiger partial charge in [-0.15, -0.1) is 0 Å². The van der Waals surface area contributed by atoms with Crippen molar-refractivity contribution in [1.82, 2.24) is 5.43 Å². The number of hydrogen-bond donors (Lipinski definition) is 2. The Morgan fingerprint density at radius 3 is 1.76 bits per heavy atom. The number of hydrazine groups is 1. The van der Waals surface area contributed by atoms with Crippen molar-refractivity contribution in [2.24, 2.45) is 5.73 Å². The zero-order valence-electron chi connectivity index (χ0n) is 13.4. The SMILES string of the molecule is NC(=O)c1cccc(C(=O)NN(c2ccccc2)c2ccccc2)c1. The smallest absolute Gasteiger partial charge is 0.270 e. The molecule has 0 saturated heterocycles. The van der Waals surface area contributed by atoms with Crippen LogP contribution in [0, 0.1) is 0 Å². The standard InChI is InChI=1S/C20H17N3O2/c21-19(24)15-8-7-9-16(14-15)20(25)22-23(17-10-3-1-4-11-17)18-12-5-2-6-13-18/h1-14H,(H2,21,24)(H,22,25). The molecule has 0 radical (unpaired) electrons. The molecule has 0 unspecified atom stereocenters. The highest BCUT2D eigenvalue weighted by molar-refractivity contribution is 6.00. The summed E-state index contributed by atoms with van der Waals surface area (Å²) >= 11 is 0. The number of nitrogens with two attached hydrogens (primary N) is 1. The zero-order valence-corrected chi connectivity index (χ0v) is 13.4. The summed E-state index contributed by atoms with van der Waals surface area (Å²) in [4.78, 5) is 24.0. The van der Waals surface area contributed by atoms with Crippen LogP contribution < -0.4 is 16.2 Å². The average Bonchev–Trinajstić information content (AvgIpc) is 2.67. The van der Waals surface area contributed by atoms with Gasteiger partial charge in [-0.1, -0.05) is 42.5 Å². The van der Waals surface area contributed by atoms with E-state index >= 15 is 0 Å². The lowest BCUT2D eigenvalue weighted by atomic mass is 10.1. The van der Waals surface area contributed by atoms with Crippen molar-refractivity contribution in [1.29, 1.82) is 0 Å². The first-order valence-corrected chi connectivity index (χ1v) is 7.76. The lowest BCUT2D eigenvalue weighted by Gasteiger charge is -2.25. The molecular formula is C20H17N3O2. The molecule has 0 aliphatic heterocycles. The second kappa shape index (κ2) is 7.31. The second-order valence-electron chi connectivity index (χ2n) is 5.39. The van der Waals surface area contributed by atoms with Crippen LogP contribution in [-0.4, -0.2) is 11.8 Å². The summed E-state index contributed by atoms with van der Waals surface area (Å²) in [6, 6.07) is 25.3. The van der Waals surface area contributed by atoms with E-state index in [0.29, 0.717) is 11.1 Å². The number of rotatable bonds is 5. The van der Waals surface area contributed by atoms with Gasteiger partial charge in [0.05, 0.1) is 11.4 Å². The normalized spacial score (nSPS) is 10.1. The molecule has 3 aromatic rings. The van der Waals surface area contributed by atoms with Gasteiger partial charge in [0.2, 0.25) is 5.91 Å². The van der Waals surface area contributed by atoms with Gasteiger partial charge >= 0.3 is 0 Å². The van der Waals surface area contributed by atoms with Gasteiger partial charge in [0.1, 0.15) is 0 Å². The van der Waals surface area contributed by atoms with Gasteiger partial charge in [-0.25, -0.2) is 0 Å². The van der Waals surface area contributed by atoms with Crippen molar-refractivity contribution in [2.75, 3.05) is 5.01 Å². The first-order chi connectivity index (χ1) is 12.1. The Morgan fingerprint density at radius 2 is 1.24 bits per heavy atom. The molecule has 25 heavy (non-hydrogen) atoms. The number of nitrogens with one attached hydrogen (secondary N) is 1. The third-order valence-electron chi connectivity index (χ3n) is 3.65. The summed E-state index contributed by atoms with van der Waals surface area (Å²) in [6.45, 7) is 0.